The molecule has 0 fully saturated rings. The van der Waals surface area contributed by atoms with Crippen molar-refractivity contribution in [3.8, 4) is 11.6 Å². The first-order valence-corrected chi connectivity index (χ1v) is 11.0. The van der Waals surface area contributed by atoms with Gasteiger partial charge in [0.15, 0.2) is 0 Å². The van der Waals surface area contributed by atoms with Gasteiger partial charge in [-0.05, 0) is 61.7 Å². The molecular weight excluding hydrogens is 402 g/mol. The van der Waals surface area contributed by atoms with Crippen LogP contribution >= 0.6 is 0 Å². The Morgan fingerprint density at radius 1 is 1.03 bits per heavy atom. The van der Waals surface area contributed by atoms with Crippen molar-refractivity contribution in [3.05, 3.63) is 71.9 Å². The van der Waals surface area contributed by atoms with Crippen LogP contribution in [0.3, 0.4) is 0 Å². The summed E-state index contributed by atoms with van der Waals surface area (Å²) in [5, 5.41) is 2.80. The van der Waals surface area contributed by atoms with Crippen molar-refractivity contribution < 1.29 is 17.9 Å². The van der Waals surface area contributed by atoms with Crippen molar-refractivity contribution >= 4 is 27.3 Å². The van der Waals surface area contributed by atoms with Gasteiger partial charge in [-0.3, -0.25) is 9.52 Å². The first-order valence-electron chi connectivity index (χ1n) is 9.55. The van der Waals surface area contributed by atoms with E-state index in [9.17, 15) is 13.2 Å². The number of rotatable bonds is 5. The third-order valence-corrected chi connectivity index (χ3v) is 6.12. The summed E-state index contributed by atoms with van der Waals surface area (Å²) in [6, 6.07) is 15.5. The van der Waals surface area contributed by atoms with Crippen LogP contribution in [-0.2, 0) is 21.2 Å². The number of aromatic nitrogens is 1. The summed E-state index contributed by atoms with van der Waals surface area (Å²) in [7, 11) is -3.79. The van der Waals surface area contributed by atoms with E-state index in [1.165, 1.54) is 12.3 Å². The maximum Gasteiger partial charge on any atom is 0.261 e. The zero-order valence-electron chi connectivity index (χ0n) is 16.4. The molecule has 0 saturated heterocycles. The van der Waals surface area contributed by atoms with Crippen LogP contribution in [0.25, 0.3) is 0 Å². The molecule has 1 amide bonds. The van der Waals surface area contributed by atoms with Gasteiger partial charge in [0.25, 0.3) is 10.0 Å². The topological polar surface area (TPSA) is 97.4 Å². The van der Waals surface area contributed by atoms with Crippen molar-refractivity contribution in [2.24, 2.45) is 0 Å². The van der Waals surface area contributed by atoms with E-state index in [1.807, 2.05) is 31.2 Å². The molecule has 4 rings (SSSR count). The molecule has 0 unspecified atom stereocenters. The van der Waals surface area contributed by atoms with E-state index in [0.717, 1.165) is 11.1 Å². The zero-order valence-corrected chi connectivity index (χ0v) is 17.2. The van der Waals surface area contributed by atoms with E-state index in [-0.39, 0.29) is 10.8 Å². The van der Waals surface area contributed by atoms with Crippen LogP contribution in [0.2, 0.25) is 0 Å². The standard InChI is InChI=1S/C22H21N3O4S/c1-15-5-8-18(9-6-15)29-22-12-7-17(14-23-22)25-30(27,28)19-10-11-20-16(13-19)3-2-4-21(26)24-20/h5-14,25H,2-4H2,1H3,(H,24,26). The van der Waals surface area contributed by atoms with Gasteiger partial charge in [0.1, 0.15) is 5.75 Å². The number of carbonyl (C=O) groups excluding carboxylic acids is 1. The molecule has 7 nitrogen and oxygen atoms in total. The highest BCUT2D eigenvalue weighted by Crippen LogP contribution is 2.27. The number of ether oxygens (including phenoxy) is 1. The Hall–Kier alpha value is -3.39. The van der Waals surface area contributed by atoms with Crippen LogP contribution in [0.4, 0.5) is 11.4 Å². The van der Waals surface area contributed by atoms with Gasteiger partial charge >= 0.3 is 0 Å². The monoisotopic (exact) mass is 423 g/mol. The minimum absolute atomic E-state index is 0.0542. The Morgan fingerprint density at radius 2 is 1.83 bits per heavy atom. The molecule has 0 aliphatic carbocycles. The van der Waals surface area contributed by atoms with E-state index in [4.69, 9.17) is 4.74 Å². The summed E-state index contributed by atoms with van der Waals surface area (Å²) in [5.41, 5.74) is 2.93. The van der Waals surface area contributed by atoms with Crippen molar-refractivity contribution in [1.29, 1.82) is 0 Å². The second-order valence-corrected chi connectivity index (χ2v) is 8.81. The van der Waals surface area contributed by atoms with Gasteiger partial charge in [0.2, 0.25) is 11.8 Å². The quantitative estimate of drug-likeness (QED) is 0.639. The summed E-state index contributed by atoms with van der Waals surface area (Å²) >= 11 is 0. The van der Waals surface area contributed by atoms with Crippen LogP contribution < -0.4 is 14.8 Å². The highest BCUT2D eigenvalue weighted by Gasteiger charge is 2.19. The molecule has 1 aliphatic heterocycles. The Balaban J connectivity index is 1.48. The minimum Gasteiger partial charge on any atom is -0.439 e. The number of hydrogen-bond donors (Lipinski definition) is 2. The molecule has 154 valence electrons. The predicted molar refractivity (Wildman–Crippen MR) is 114 cm³/mol. The molecule has 0 saturated carbocycles. The fourth-order valence-electron chi connectivity index (χ4n) is 3.16. The first-order chi connectivity index (χ1) is 14.4. The fourth-order valence-corrected chi connectivity index (χ4v) is 4.25. The second-order valence-electron chi connectivity index (χ2n) is 7.13. The van der Waals surface area contributed by atoms with Crippen LogP contribution in [-0.4, -0.2) is 19.3 Å². The summed E-state index contributed by atoms with van der Waals surface area (Å²) in [6.45, 7) is 1.99. The molecule has 2 heterocycles. The predicted octanol–water partition coefficient (Wildman–Crippen LogP) is 4.26. The van der Waals surface area contributed by atoms with Crippen molar-refractivity contribution in [2.45, 2.75) is 31.1 Å². The van der Waals surface area contributed by atoms with Gasteiger partial charge in [-0.1, -0.05) is 17.7 Å². The molecule has 3 aromatic rings. The average Bonchev–Trinajstić information content (AvgIpc) is 2.91. The van der Waals surface area contributed by atoms with Gasteiger partial charge in [-0.25, -0.2) is 13.4 Å². The lowest BCUT2D eigenvalue weighted by Gasteiger charge is -2.12. The number of anilines is 2. The molecule has 2 aromatic carbocycles. The van der Waals surface area contributed by atoms with Gasteiger partial charge in [-0.15, -0.1) is 0 Å². The number of carbonyl (C=O) groups is 1. The number of sulfonamides is 1. The number of pyridine rings is 1. The lowest BCUT2D eigenvalue weighted by Crippen LogP contribution is -2.14. The Labute approximate surface area is 175 Å². The highest BCUT2D eigenvalue weighted by atomic mass is 32.2. The molecule has 2 N–H and O–H groups in total. The molecular formula is C22H21N3O4S. The zero-order chi connectivity index (χ0) is 21.1. The fraction of sp³-hybridized carbons (Fsp3) is 0.182. The molecule has 1 aliphatic rings. The minimum atomic E-state index is -3.79. The number of aryl methyl sites for hydroxylation is 2. The molecule has 0 radical (unpaired) electrons. The number of fused-ring (bicyclic) bond motifs is 1. The molecule has 1 aromatic heterocycles. The third kappa shape index (κ3) is 4.60. The van der Waals surface area contributed by atoms with E-state index in [1.54, 1.807) is 24.3 Å². The maximum absolute atomic E-state index is 12.8. The van der Waals surface area contributed by atoms with Crippen LogP contribution in [0.15, 0.2) is 65.7 Å². The highest BCUT2D eigenvalue weighted by molar-refractivity contribution is 7.92. The smallest absolute Gasteiger partial charge is 0.261 e. The van der Waals surface area contributed by atoms with Crippen LogP contribution in [0.1, 0.15) is 24.0 Å². The number of amides is 1. The molecule has 8 heteroatoms. The number of nitrogens with one attached hydrogen (secondary N) is 2. The van der Waals surface area contributed by atoms with Gasteiger partial charge in [-0.2, -0.15) is 0 Å². The van der Waals surface area contributed by atoms with Crippen molar-refractivity contribution in [1.82, 2.24) is 4.98 Å². The second kappa shape index (κ2) is 8.16. The molecule has 0 atom stereocenters. The van der Waals surface area contributed by atoms with Crippen LogP contribution in [0, 0.1) is 6.92 Å². The number of nitrogens with zero attached hydrogens (tertiary/aromatic N) is 1. The molecule has 0 bridgehead atoms. The van der Waals surface area contributed by atoms with Crippen molar-refractivity contribution in [2.75, 3.05) is 10.0 Å². The van der Waals surface area contributed by atoms with Gasteiger partial charge < -0.3 is 10.1 Å². The Morgan fingerprint density at radius 3 is 2.57 bits per heavy atom. The largest absolute Gasteiger partial charge is 0.439 e. The molecule has 0 spiro atoms. The number of benzene rings is 2. The van der Waals surface area contributed by atoms with E-state index in [2.05, 4.69) is 15.0 Å². The first kappa shape index (κ1) is 19.9. The SMILES string of the molecule is Cc1ccc(Oc2ccc(NS(=O)(=O)c3ccc4c(c3)CCCC(=O)N4)cn2)cc1. The Kier molecular flexibility index (Phi) is 5.41. The van der Waals surface area contributed by atoms with E-state index < -0.39 is 10.0 Å². The normalized spacial score (nSPS) is 13.7. The molecule has 30 heavy (non-hydrogen) atoms. The third-order valence-electron chi connectivity index (χ3n) is 4.74. The van der Waals surface area contributed by atoms with Crippen molar-refractivity contribution in [3.63, 3.8) is 0 Å². The van der Waals surface area contributed by atoms with E-state index in [0.29, 0.717) is 42.3 Å². The van der Waals surface area contributed by atoms with Crippen LogP contribution in [0.5, 0.6) is 11.6 Å². The summed E-state index contributed by atoms with van der Waals surface area (Å²) < 4.78 is 33.8. The van der Waals surface area contributed by atoms with Gasteiger partial charge in [0.05, 0.1) is 16.8 Å². The lowest BCUT2D eigenvalue weighted by molar-refractivity contribution is -0.116. The summed E-state index contributed by atoms with van der Waals surface area (Å²) in [5.74, 6) is 0.961. The number of hydrogen-bond acceptors (Lipinski definition) is 5. The van der Waals surface area contributed by atoms with Gasteiger partial charge in [0, 0.05) is 18.2 Å². The summed E-state index contributed by atoms with van der Waals surface area (Å²) in [6.07, 6.45) is 3.16. The van der Waals surface area contributed by atoms with E-state index >= 15 is 0 Å². The lowest BCUT2D eigenvalue weighted by atomic mass is 10.1. The Bertz CT molecular complexity index is 1170. The average molecular weight is 423 g/mol. The maximum atomic E-state index is 12.8. The summed E-state index contributed by atoms with van der Waals surface area (Å²) in [4.78, 5) is 16.0.